The Hall–Kier alpha value is -1.07. The Kier molecular flexibility index (Phi) is 4.39. The zero-order valence-corrected chi connectivity index (χ0v) is 11.8. The van der Waals surface area contributed by atoms with Gasteiger partial charge >= 0.3 is 6.18 Å². The molecule has 1 aliphatic rings. The van der Waals surface area contributed by atoms with Gasteiger partial charge in [0.05, 0.1) is 17.3 Å². The van der Waals surface area contributed by atoms with Crippen molar-refractivity contribution < 1.29 is 17.9 Å². The van der Waals surface area contributed by atoms with E-state index in [1.54, 1.807) is 0 Å². The zero-order chi connectivity index (χ0) is 14.8. The first-order valence-electron chi connectivity index (χ1n) is 6.96. The Morgan fingerprint density at radius 1 is 1.20 bits per heavy atom. The van der Waals surface area contributed by atoms with E-state index in [-0.39, 0.29) is 11.7 Å². The summed E-state index contributed by atoms with van der Waals surface area (Å²) in [6.45, 7) is 5.56. The number of rotatable bonds is 3. The second-order valence-electron chi connectivity index (χ2n) is 5.25. The Morgan fingerprint density at radius 3 is 2.30 bits per heavy atom. The number of hydrogen-bond donors (Lipinski definition) is 1. The molecule has 1 aliphatic heterocycles. The van der Waals surface area contributed by atoms with Crippen LogP contribution in [-0.4, -0.2) is 18.7 Å². The normalized spacial score (nSPS) is 22.8. The molecule has 0 saturated carbocycles. The molecule has 1 N–H and O–H groups in total. The average molecular weight is 287 g/mol. The molecule has 0 aliphatic carbocycles. The van der Waals surface area contributed by atoms with Crippen molar-refractivity contribution in [3.8, 4) is 0 Å². The van der Waals surface area contributed by atoms with Gasteiger partial charge in [0.1, 0.15) is 0 Å². The van der Waals surface area contributed by atoms with Gasteiger partial charge in [-0.1, -0.05) is 26.0 Å². The Labute approximate surface area is 117 Å². The molecule has 1 aromatic carbocycles. The summed E-state index contributed by atoms with van der Waals surface area (Å²) in [7, 11) is 0. The fourth-order valence-corrected chi connectivity index (χ4v) is 2.56. The first kappa shape index (κ1) is 15.3. The minimum Gasteiger partial charge on any atom is -0.364 e. The van der Waals surface area contributed by atoms with Crippen LogP contribution in [0.4, 0.5) is 13.2 Å². The van der Waals surface area contributed by atoms with Crippen molar-refractivity contribution in [2.45, 2.75) is 44.6 Å². The van der Waals surface area contributed by atoms with Crippen LogP contribution in [0.1, 0.15) is 43.9 Å². The predicted octanol–water partition coefficient (Wildman–Crippen LogP) is 3.93. The van der Waals surface area contributed by atoms with Gasteiger partial charge in [0.2, 0.25) is 0 Å². The van der Waals surface area contributed by atoms with Gasteiger partial charge in [0.15, 0.2) is 0 Å². The quantitative estimate of drug-likeness (QED) is 0.909. The van der Waals surface area contributed by atoms with Crippen LogP contribution >= 0.6 is 0 Å². The van der Waals surface area contributed by atoms with E-state index in [2.05, 4.69) is 19.2 Å². The highest BCUT2D eigenvalue weighted by Crippen LogP contribution is 2.34. The summed E-state index contributed by atoms with van der Waals surface area (Å²) < 4.78 is 43.8. The van der Waals surface area contributed by atoms with E-state index in [4.69, 9.17) is 4.74 Å². The summed E-state index contributed by atoms with van der Waals surface area (Å²) in [5.41, 5.74) is -0.0512. The number of nitrogens with one attached hydrogen (secondary N) is 1. The van der Waals surface area contributed by atoms with Crippen molar-refractivity contribution in [2.24, 2.45) is 0 Å². The molecule has 0 spiro atoms. The van der Waals surface area contributed by atoms with Crippen LogP contribution < -0.4 is 5.32 Å². The summed E-state index contributed by atoms with van der Waals surface area (Å²) in [5, 5.41) is 3.32. The fourth-order valence-electron chi connectivity index (χ4n) is 2.56. The summed E-state index contributed by atoms with van der Waals surface area (Å²) in [6, 6.07) is 5.26. The molecular weight excluding hydrogens is 267 g/mol. The molecule has 0 radical (unpaired) electrons. The summed E-state index contributed by atoms with van der Waals surface area (Å²) in [4.78, 5) is 0. The van der Waals surface area contributed by atoms with Crippen LogP contribution in [0.15, 0.2) is 24.3 Å². The van der Waals surface area contributed by atoms with Crippen molar-refractivity contribution >= 4 is 0 Å². The molecule has 2 rings (SSSR count). The van der Waals surface area contributed by atoms with E-state index in [0.29, 0.717) is 6.54 Å². The maximum absolute atomic E-state index is 12.6. The SMILES string of the molecule is CCC1(CC)CNCC(c2ccc(C(F)(F)F)cc2)O1. The van der Waals surface area contributed by atoms with Crippen LogP contribution in [0.5, 0.6) is 0 Å². The standard InChI is InChI=1S/C15H20F3NO/c1-3-14(4-2)10-19-9-13(20-14)11-5-7-12(8-6-11)15(16,17)18/h5-8,13,19H,3-4,9-10H2,1-2H3. The molecular formula is C15H20F3NO. The zero-order valence-electron chi connectivity index (χ0n) is 11.8. The molecule has 5 heteroatoms. The van der Waals surface area contributed by atoms with Crippen LogP contribution in [0.3, 0.4) is 0 Å². The summed E-state index contributed by atoms with van der Waals surface area (Å²) >= 11 is 0. The molecule has 0 bridgehead atoms. The molecule has 1 saturated heterocycles. The Balaban J connectivity index is 2.15. The van der Waals surface area contributed by atoms with Crippen molar-refractivity contribution in [1.82, 2.24) is 5.32 Å². The molecule has 0 aromatic heterocycles. The van der Waals surface area contributed by atoms with Gasteiger partial charge in [0, 0.05) is 13.1 Å². The lowest BCUT2D eigenvalue weighted by molar-refractivity contribution is -0.137. The third-order valence-electron chi connectivity index (χ3n) is 4.07. The minimum atomic E-state index is -4.29. The highest BCUT2D eigenvalue weighted by molar-refractivity contribution is 5.26. The van der Waals surface area contributed by atoms with E-state index in [1.807, 2.05) is 0 Å². The number of ether oxygens (including phenoxy) is 1. The molecule has 1 unspecified atom stereocenters. The Bertz CT molecular complexity index is 437. The monoisotopic (exact) mass is 287 g/mol. The maximum atomic E-state index is 12.6. The van der Waals surface area contributed by atoms with Gasteiger partial charge in [-0.2, -0.15) is 13.2 Å². The number of alkyl halides is 3. The molecule has 1 aromatic rings. The minimum absolute atomic E-state index is 0.189. The topological polar surface area (TPSA) is 21.3 Å². The molecule has 0 amide bonds. The molecule has 1 atom stereocenters. The third kappa shape index (κ3) is 3.15. The van der Waals surface area contributed by atoms with E-state index in [9.17, 15) is 13.2 Å². The predicted molar refractivity (Wildman–Crippen MR) is 71.5 cm³/mol. The largest absolute Gasteiger partial charge is 0.416 e. The average Bonchev–Trinajstić information content (AvgIpc) is 2.46. The maximum Gasteiger partial charge on any atom is 0.416 e. The number of halogens is 3. The summed E-state index contributed by atoms with van der Waals surface area (Å²) in [6.07, 6.45) is -2.71. The van der Waals surface area contributed by atoms with Crippen LogP contribution in [0, 0.1) is 0 Å². The number of hydrogen-bond acceptors (Lipinski definition) is 2. The highest BCUT2D eigenvalue weighted by Gasteiger charge is 2.35. The Morgan fingerprint density at radius 2 is 1.80 bits per heavy atom. The van der Waals surface area contributed by atoms with E-state index in [1.165, 1.54) is 12.1 Å². The van der Waals surface area contributed by atoms with Crippen LogP contribution in [-0.2, 0) is 10.9 Å². The fraction of sp³-hybridized carbons (Fsp3) is 0.600. The van der Waals surface area contributed by atoms with Gasteiger partial charge in [0.25, 0.3) is 0 Å². The first-order valence-corrected chi connectivity index (χ1v) is 6.96. The van der Waals surface area contributed by atoms with Gasteiger partial charge in [-0.25, -0.2) is 0 Å². The molecule has 2 nitrogen and oxygen atoms in total. The number of morpholine rings is 1. The van der Waals surface area contributed by atoms with Crippen molar-refractivity contribution in [1.29, 1.82) is 0 Å². The van der Waals surface area contributed by atoms with Gasteiger partial charge in [-0.05, 0) is 30.5 Å². The molecule has 1 fully saturated rings. The third-order valence-corrected chi connectivity index (χ3v) is 4.07. The summed E-state index contributed by atoms with van der Waals surface area (Å²) in [5.74, 6) is 0. The van der Waals surface area contributed by atoms with Crippen LogP contribution in [0.25, 0.3) is 0 Å². The van der Waals surface area contributed by atoms with Gasteiger partial charge in [-0.3, -0.25) is 0 Å². The second kappa shape index (κ2) is 5.74. The second-order valence-corrected chi connectivity index (χ2v) is 5.25. The van der Waals surface area contributed by atoms with E-state index < -0.39 is 11.7 Å². The molecule has 1 heterocycles. The smallest absolute Gasteiger partial charge is 0.364 e. The van der Waals surface area contributed by atoms with Gasteiger partial charge in [-0.15, -0.1) is 0 Å². The lowest BCUT2D eigenvalue weighted by atomic mass is 9.93. The van der Waals surface area contributed by atoms with Crippen molar-refractivity contribution in [3.05, 3.63) is 35.4 Å². The van der Waals surface area contributed by atoms with E-state index in [0.717, 1.165) is 37.1 Å². The van der Waals surface area contributed by atoms with E-state index >= 15 is 0 Å². The van der Waals surface area contributed by atoms with Crippen molar-refractivity contribution in [2.75, 3.05) is 13.1 Å². The number of benzene rings is 1. The van der Waals surface area contributed by atoms with Gasteiger partial charge < -0.3 is 10.1 Å². The first-order chi connectivity index (χ1) is 9.40. The van der Waals surface area contributed by atoms with Crippen molar-refractivity contribution in [3.63, 3.8) is 0 Å². The lowest BCUT2D eigenvalue weighted by Gasteiger charge is -2.41. The molecule has 112 valence electrons. The lowest BCUT2D eigenvalue weighted by Crippen LogP contribution is -2.50. The molecule has 20 heavy (non-hydrogen) atoms. The van der Waals surface area contributed by atoms with Crippen LogP contribution in [0.2, 0.25) is 0 Å². The highest BCUT2D eigenvalue weighted by atomic mass is 19.4.